The molecule has 0 unspecified atom stereocenters. The number of hydrogen-bond acceptors (Lipinski definition) is 4. The normalized spacial score (nSPS) is 19.7. The largest absolute Gasteiger partial charge is 0.467 e. The first kappa shape index (κ1) is 19.2. The van der Waals surface area contributed by atoms with Crippen molar-refractivity contribution < 1.29 is 22.7 Å². The van der Waals surface area contributed by atoms with Crippen molar-refractivity contribution in [2.24, 2.45) is 5.92 Å². The van der Waals surface area contributed by atoms with Gasteiger partial charge in [-0.15, -0.1) is 0 Å². The number of carbonyl (C=O) groups is 1. The molecule has 2 heterocycles. The molecule has 1 aromatic carbocycles. The first-order valence-electron chi connectivity index (χ1n) is 9.19. The van der Waals surface area contributed by atoms with Crippen LogP contribution in [0.15, 0.2) is 42.9 Å². The number of halogens is 3. The second kappa shape index (κ2) is 7.38. The summed E-state index contributed by atoms with van der Waals surface area (Å²) in [5.41, 5.74) is 2.65. The molecule has 0 saturated heterocycles. The van der Waals surface area contributed by atoms with E-state index in [1.54, 1.807) is 6.92 Å². The minimum absolute atomic E-state index is 0.0748. The first-order chi connectivity index (χ1) is 13.8. The number of amides is 1. The van der Waals surface area contributed by atoms with E-state index in [2.05, 4.69) is 25.0 Å². The molecule has 6 nitrogen and oxygen atoms in total. The van der Waals surface area contributed by atoms with E-state index in [4.69, 9.17) is 0 Å². The predicted octanol–water partition coefficient (Wildman–Crippen LogP) is 3.88. The maximum atomic E-state index is 12.6. The highest BCUT2D eigenvalue weighted by Crippen LogP contribution is 2.49. The molecule has 1 aliphatic carbocycles. The zero-order valence-corrected chi connectivity index (χ0v) is 15.5. The summed E-state index contributed by atoms with van der Waals surface area (Å²) in [6.07, 6.45) is 0.651. The van der Waals surface area contributed by atoms with E-state index in [0.717, 1.165) is 29.1 Å². The van der Waals surface area contributed by atoms with Gasteiger partial charge in [-0.3, -0.25) is 9.78 Å². The van der Waals surface area contributed by atoms with Crippen LogP contribution in [0.5, 0.6) is 5.88 Å². The van der Waals surface area contributed by atoms with E-state index in [-0.39, 0.29) is 23.6 Å². The molecule has 2 aromatic heterocycles. The Hall–Kier alpha value is -3.10. The number of rotatable bonds is 6. The van der Waals surface area contributed by atoms with Crippen LogP contribution in [0, 0.1) is 5.92 Å². The monoisotopic (exact) mass is 404 g/mol. The van der Waals surface area contributed by atoms with Crippen molar-refractivity contribution in [2.75, 3.05) is 6.61 Å². The van der Waals surface area contributed by atoms with Gasteiger partial charge in [-0.1, -0.05) is 12.1 Å². The van der Waals surface area contributed by atoms with E-state index >= 15 is 0 Å². The van der Waals surface area contributed by atoms with Crippen molar-refractivity contribution in [2.45, 2.75) is 31.5 Å². The third-order valence-electron chi connectivity index (χ3n) is 4.99. The number of H-pyrrole nitrogens is 1. The molecule has 3 aromatic rings. The van der Waals surface area contributed by atoms with Gasteiger partial charge in [0.05, 0.1) is 24.1 Å². The van der Waals surface area contributed by atoms with Crippen LogP contribution in [0.2, 0.25) is 0 Å². The van der Waals surface area contributed by atoms with E-state index in [1.165, 1.54) is 6.20 Å². The van der Waals surface area contributed by atoms with Crippen molar-refractivity contribution >= 4 is 16.8 Å². The number of nitrogens with one attached hydrogen (secondary N) is 2. The van der Waals surface area contributed by atoms with Crippen LogP contribution in [0.4, 0.5) is 13.2 Å². The number of alkyl halides is 3. The Labute approximate surface area is 164 Å². The van der Waals surface area contributed by atoms with Crippen LogP contribution in [0.25, 0.3) is 10.9 Å². The average Bonchev–Trinajstić information content (AvgIpc) is 3.34. The molecule has 0 radical (unpaired) electrons. The molecule has 1 fully saturated rings. The molecule has 0 bridgehead atoms. The molecule has 9 heteroatoms. The van der Waals surface area contributed by atoms with Gasteiger partial charge in [0.1, 0.15) is 0 Å². The highest BCUT2D eigenvalue weighted by Gasteiger charge is 2.45. The fourth-order valence-electron chi connectivity index (χ4n) is 3.44. The van der Waals surface area contributed by atoms with Crippen LogP contribution >= 0.6 is 0 Å². The Kier molecular flexibility index (Phi) is 4.89. The summed E-state index contributed by atoms with van der Waals surface area (Å²) in [5.74, 6) is -0.230. The Morgan fingerprint density at radius 2 is 2.14 bits per heavy atom. The second-order valence-electron chi connectivity index (χ2n) is 7.15. The number of fused-ring (bicyclic) bond motifs is 1. The lowest BCUT2D eigenvalue weighted by Gasteiger charge is -2.14. The predicted molar refractivity (Wildman–Crippen MR) is 99.3 cm³/mol. The summed E-state index contributed by atoms with van der Waals surface area (Å²) in [6, 6.07) is 7.61. The van der Waals surface area contributed by atoms with Crippen molar-refractivity contribution in [3.05, 3.63) is 54.1 Å². The number of aromatic nitrogens is 3. The van der Waals surface area contributed by atoms with Crippen molar-refractivity contribution in [3.8, 4) is 5.88 Å². The van der Waals surface area contributed by atoms with Crippen LogP contribution in [0.3, 0.4) is 0 Å². The van der Waals surface area contributed by atoms with Gasteiger partial charge in [0.25, 0.3) is 0 Å². The summed E-state index contributed by atoms with van der Waals surface area (Å²) < 4.78 is 41.1. The third-order valence-corrected chi connectivity index (χ3v) is 4.99. The molecule has 4 rings (SSSR count). The Morgan fingerprint density at radius 3 is 2.86 bits per heavy atom. The minimum Gasteiger partial charge on any atom is -0.467 e. The molecule has 1 saturated carbocycles. The summed E-state index contributed by atoms with van der Waals surface area (Å²) in [6.45, 7) is 0.326. The number of hydrogen-bond donors (Lipinski definition) is 2. The number of nitrogens with zero attached hydrogens (tertiary/aromatic N) is 2. The highest BCUT2D eigenvalue weighted by atomic mass is 19.4. The number of ether oxygens (including phenoxy) is 1. The zero-order valence-electron chi connectivity index (χ0n) is 15.5. The highest BCUT2D eigenvalue weighted by molar-refractivity contribution is 5.88. The molecule has 29 heavy (non-hydrogen) atoms. The van der Waals surface area contributed by atoms with Gasteiger partial charge < -0.3 is 15.0 Å². The third kappa shape index (κ3) is 4.33. The number of benzene rings is 1. The molecule has 0 aliphatic heterocycles. The number of carbonyl (C=O) groups excluding carboxylic acids is 1. The van der Waals surface area contributed by atoms with Gasteiger partial charge in [0.2, 0.25) is 11.8 Å². The van der Waals surface area contributed by atoms with Gasteiger partial charge in [0.15, 0.2) is 6.61 Å². The Bertz CT molecular complexity index is 1020. The maximum Gasteiger partial charge on any atom is 0.422 e. The van der Waals surface area contributed by atoms with E-state index < -0.39 is 18.8 Å². The summed E-state index contributed by atoms with van der Waals surface area (Å²) in [5, 5.41) is 4.03. The fourth-order valence-corrected chi connectivity index (χ4v) is 3.44. The maximum absolute atomic E-state index is 12.6. The smallest absolute Gasteiger partial charge is 0.422 e. The van der Waals surface area contributed by atoms with Crippen LogP contribution in [-0.2, 0) is 4.79 Å². The molecule has 152 valence electrons. The fraction of sp³-hybridized carbons (Fsp3) is 0.350. The van der Waals surface area contributed by atoms with E-state index in [1.807, 2.05) is 30.5 Å². The van der Waals surface area contributed by atoms with Crippen LogP contribution in [0.1, 0.15) is 36.6 Å². The van der Waals surface area contributed by atoms with Crippen molar-refractivity contribution in [1.29, 1.82) is 0 Å². The number of aromatic amines is 1. The Morgan fingerprint density at radius 1 is 1.31 bits per heavy atom. The standard InChI is InChI=1S/C20H19F3N4O2/c1-11(17-8-26-18(9-25-17)29-10-20(21,22)23)27-19(28)15-7-14(15)12-3-2-4-16-13(12)5-6-24-16/h2-6,8-9,11,14-15,24H,7,10H2,1H3,(H,27,28)/t11-,14-,15+/m1/s1. The van der Waals surface area contributed by atoms with Gasteiger partial charge in [-0.05, 0) is 37.0 Å². The summed E-state index contributed by atoms with van der Waals surface area (Å²) in [4.78, 5) is 23.7. The molecular formula is C20H19F3N4O2. The summed E-state index contributed by atoms with van der Waals surface area (Å²) >= 11 is 0. The van der Waals surface area contributed by atoms with Gasteiger partial charge >= 0.3 is 6.18 Å². The van der Waals surface area contributed by atoms with Gasteiger partial charge in [-0.25, -0.2) is 4.98 Å². The minimum atomic E-state index is -4.44. The molecule has 2 N–H and O–H groups in total. The average molecular weight is 404 g/mol. The van der Waals surface area contributed by atoms with E-state index in [0.29, 0.717) is 5.69 Å². The molecule has 0 spiro atoms. The lowest BCUT2D eigenvalue weighted by Crippen LogP contribution is -2.29. The quantitative estimate of drug-likeness (QED) is 0.654. The summed E-state index contributed by atoms with van der Waals surface area (Å²) in [7, 11) is 0. The molecule has 3 atom stereocenters. The second-order valence-corrected chi connectivity index (χ2v) is 7.15. The lowest BCUT2D eigenvalue weighted by atomic mass is 10.0. The lowest BCUT2D eigenvalue weighted by molar-refractivity contribution is -0.154. The first-order valence-corrected chi connectivity index (χ1v) is 9.19. The molecular weight excluding hydrogens is 385 g/mol. The zero-order chi connectivity index (χ0) is 20.6. The topological polar surface area (TPSA) is 79.9 Å². The van der Waals surface area contributed by atoms with Crippen molar-refractivity contribution in [1.82, 2.24) is 20.3 Å². The van der Waals surface area contributed by atoms with E-state index in [9.17, 15) is 18.0 Å². The van der Waals surface area contributed by atoms with Crippen LogP contribution in [-0.4, -0.2) is 33.6 Å². The SMILES string of the molecule is C[C@@H](NC(=O)[C@H]1C[C@@H]1c1cccc2[nH]ccc12)c1cnc(OCC(F)(F)F)cn1. The van der Waals surface area contributed by atoms with Crippen LogP contribution < -0.4 is 10.1 Å². The molecule has 1 amide bonds. The van der Waals surface area contributed by atoms with Gasteiger partial charge in [-0.2, -0.15) is 13.2 Å². The Balaban J connectivity index is 1.35. The molecule has 1 aliphatic rings. The van der Waals surface area contributed by atoms with Gasteiger partial charge in [0, 0.05) is 23.0 Å². The van der Waals surface area contributed by atoms with Crippen molar-refractivity contribution in [3.63, 3.8) is 0 Å².